The number of carbonyl (C=O) groups excluding carboxylic acids is 1. The summed E-state index contributed by atoms with van der Waals surface area (Å²) in [5.74, 6) is -0.00758. The van der Waals surface area contributed by atoms with Crippen LogP contribution in [0.1, 0.15) is 24.3 Å². The Morgan fingerprint density at radius 3 is 2.57 bits per heavy atom. The van der Waals surface area contributed by atoms with Crippen molar-refractivity contribution in [1.29, 1.82) is 0 Å². The van der Waals surface area contributed by atoms with E-state index in [9.17, 15) is 4.79 Å². The van der Waals surface area contributed by atoms with Gasteiger partial charge in [-0.2, -0.15) is 12.6 Å². The average molecular weight is 319 g/mol. The number of thiol groups is 1. The van der Waals surface area contributed by atoms with Gasteiger partial charge in [0.1, 0.15) is 0 Å². The molecule has 0 aliphatic heterocycles. The molecule has 0 fully saturated rings. The van der Waals surface area contributed by atoms with Gasteiger partial charge in [0.25, 0.3) is 0 Å². The van der Waals surface area contributed by atoms with Crippen molar-refractivity contribution in [2.45, 2.75) is 30.9 Å². The predicted octanol–water partition coefficient (Wildman–Crippen LogP) is 3.68. The second-order valence-electron chi connectivity index (χ2n) is 5.78. The minimum atomic E-state index is -0.313. The van der Waals surface area contributed by atoms with Gasteiger partial charge in [-0.25, -0.2) is 0 Å². The summed E-state index contributed by atoms with van der Waals surface area (Å²) in [5, 5.41) is 4.77. The van der Waals surface area contributed by atoms with Crippen LogP contribution in [0, 0.1) is 0 Å². The van der Waals surface area contributed by atoms with Crippen molar-refractivity contribution in [2.75, 3.05) is 6.54 Å². The number of thiophene rings is 1. The maximum atomic E-state index is 12.2. The highest BCUT2D eigenvalue weighted by molar-refractivity contribution is 7.81. The first-order chi connectivity index (χ1) is 9.99. The van der Waals surface area contributed by atoms with Crippen LogP contribution in [-0.2, 0) is 16.6 Å². The molecule has 1 atom stereocenters. The van der Waals surface area contributed by atoms with Crippen LogP contribution < -0.4 is 5.32 Å². The Morgan fingerprint density at radius 2 is 1.95 bits per heavy atom. The van der Waals surface area contributed by atoms with E-state index >= 15 is 0 Å². The smallest absolute Gasteiger partial charge is 0.233 e. The Kier molecular flexibility index (Phi) is 5.48. The first kappa shape index (κ1) is 16.1. The molecule has 0 bridgehead atoms. The first-order valence-corrected chi connectivity index (χ1v) is 8.42. The summed E-state index contributed by atoms with van der Waals surface area (Å²) < 4.78 is 0. The lowest BCUT2D eigenvalue weighted by Crippen LogP contribution is -2.40. The summed E-state index contributed by atoms with van der Waals surface area (Å²) in [6, 6.07) is 14.1. The Bertz CT molecular complexity index is 564. The lowest BCUT2D eigenvalue weighted by atomic mass is 9.91. The predicted molar refractivity (Wildman–Crippen MR) is 93.3 cm³/mol. The van der Waals surface area contributed by atoms with E-state index in [2.05, 4.69) is 43.2 Å². The van der Waals surface area contributed by atoms with Crippen molar-refractivity contribution >= 4 is 29.9 Å². The molecular formula is C17H21NOS2. The third kappa shape index (κ3) is 4.61. The number of rotatable bonds is 6. The lowest BCUT2D eigenvalue weighted by Gasteiger charge is -2.24. The summed E-state index contributed by atoms with van der Waals surface area (Å²) in [6.45, 7) is 4.91. The van der Waals surface area contributed by atoms with E-state index < -0.39 is 0 Å². The van der Waals surface area contributed by atoms with E-state index in [1.165, 1.54) is 4.88 Å². The van der Waals surface area contributed by atoms with Crippen molar-refractivity contribution in [2.24, 2.45) is 0 Å². The molecule has 0 saturated heterocycles. The molecule has 4 heteroatoms. The summed E-state index contributed by atoms with van der Waals surface area (Å²) in [4.78, 5) is 13.5. The van der Waals surface area contributed by atoms with Crippen LogP contribution in [0.4, 0.5) is 0 Å². The highest BCUT2D eigenvalue weighted by Gasteiger charge is 2.24. The zero-order chi connectivity index (χ0) is 15.3. The van der Waals surface area contributed by atoms with E-state index in [1.807, 2.05) is 36.4 Å². The molecular weight excluding hydrogens is 298 g/mol. The SMILES string of the molecule is CC(C)(CNC(=O)C(S)Cc1ccccc1)c1cccs1. The molecule has 0 aliphatic rings. The van der Waals surface area contributed by atoms with Crippen LogP contribution in [0.3, 0.4) is 0 Å². The summed E-state index contributed by atoms with van der Waals surface area (Å²) in [6.07, 6.45) is 0.648. The van der Waals surface area contributed by atoms with Gasteiger partial charge in [-0.15, -0.1) is 11.3 Å². The molecule has 2 nitrogen and oxygen atoms in total. The molecule has 1 amide bonds. The van der Waals surface area contributed by atoms with Gasteiger partial charge >= 0.3 is 0 Å². The topological polar surface area (TPSA) is 29.1 Å². The third-order valence-electron chi connectivity index (χ3n) is 3.47. The van der Waals surface area contributed by atoms with Crippen molar-refractivity contribution < 1.29 is 4.79 Å². The molecule has 1 aromatic heterocycles. The molecule has 1 aromatic carbocycles. The van der Waals surface area contributed by atoms with Gasteiger partial charge in [0, 0.05) is 16.8 Å². The second-order valence-corrected chi connectivity index (χ2v) is 7.36. The molecule has 0 spiro atoms. The normalized spacial score (nSPS) is 12.9. The van der Waals surface area contributed by atoms with E-state index in [1.54, 1.807) is 11.3 Å². The molecule has 1 unspecified atom stereocenters. The monoisotopic (exact) mass is 319 g/mol. The zero-order valence-electron chi connectivity index (χ0n) is 12.4. The van der Waals surface area contributed by atoms with Gasteiger partial charge in [-0.1, -0.05) is 50.2 Å². The number of benzene rings is 1. The molecule has 112 valence electrons. The van der Waals surface area contributed by atoms with Crippen LogP contribution >= 0.6 is 24.0 Å². The second kappa shape index (κ2) is 7.14. The molecule has 2 aromatic rings. The highest BCUT2D eigenvalue weighted by atomic mass is 32.1. The fraction of sp³-hybridized carbons (Fsp3) is 0.353. The number of hydrogen-bond donors (Lipinski definition) is 2. The van der Waals surface area contributed by atoms with Gasteiger partial charge in [-0.05, 0) is 23.4 Å². The fourth-order valence-electron chi connectivity index (χ4n) is 2.11. The van der Waals surface area contributed by atoms with Crippen LogP contribution in [0.15, 0.2) is 47.8 Å². The molecule has 1 N–H and O–H groups in total. The Balaban J connectivity index is 1.87. The largest absolute Gasteiger partial charge is 0.354 e. The van der Waals surface area contributed by atoms with Crippen molar-refractivity contribution in [3.63, 3.8) is 0 Å². The number of hydrogen-bond acceptors (Lipinski definition) is 3. The van der Waals surface area contributed by atoms with Gasteiger partial charge in [0.05, 0.1) is 5.25 Å². The highest BCUT2D eigenvalue weighted by Crippen LogP contribution is 2.26. The Morgan fingerprint density at radius 1 is 1.24 bits per heavy atom. The molecule has 21 heavy (non-hydrogen) atoms. The van der Waals surface area contributed by atoms with Crippen LogP contribution in [-0.4, -0.2) is 17.7 Å². The zero-order valence-corrected chi connectivity index (χ0v) is 14.1. The minimum Gasteiger partial charge on any atom is -0.354 e. The first-order valence-electron chi connectivity index (χ1n) is 7.03. The molecule has 2 rings (SSSR count). The standard InChI is InChI=1S/C17H21NOS2/c1-17(2,15-9-6-10-21-15)12-18-16(19)14(20)11-13-7-4-3-5-8-13/h3-10,14,20H,11-12H2,1-2H3,(H,18,19). The van der Waals surface area contributed by atoms with Gasteiger partial charge in [0.2, 0.25) is 5.91 Å². The Hall–Kier alpha value is -1.26. The number of amides is 1. The Labute approximate surface area is 136 Å². The molecule has 0 saturated carbocycles. The summed E-state index contributed by atoms with van der Waals surface area (Å²) in [7, 11) is 0. The molecule has 1 heterocycles. The quantitative estimate of drug-likeness (QED) is 0.781. The van der Waals surface area contributed by atoms with Crippen molar-refractivity contribution in [3.8, 4) is 0 Å². The van der Waals surface area contributed by atoms with Gasteiger partial charge in [-0.3, -0.25) is 4.79 Å². The number of carbonyl (C=O) groups is 1. The van der Waals surface area contributed by atoms with Crippen LogP contribution in [0.5, 0.6) is 0 Å². The average Bonchev–Trinajstić information content (AvgIpc) is 3.01. The van der Waals surface area contributed by atoms with E-state index in [4.69, 9.17) is 0 Å². The molecule has 0 aliphatic carbocycles. The van der Waals surface area contributed by atoms with Crippen molar-refractivity contribution in [1.82, 2.24) is 5.32 Å². The third-order valence-corrected chi connectivity index (χ3v) is 5.12. The van der Waals surface area contributed by atoms with Gasteiger partial charge in [0.15, 0.2) is 0 Å². The fourth-order valence-corrected chi connectivity index (χ4v) is 3.26. The minimum absolute atomic E-state index is 0.00758. The molecule has 0 radical (unpaired) electrons. The van der Waals surface area contributed by atoms with Crippen LogP contribution in [0.2, 0.25) is 0 Å². The maximum Gasteiger partial charge on any atom is 0.233 e. The summed E-state index contributed by atoms with van der Waals surface area (Å²) in [5.41, 5.74) is 1.08. The lowest BCUT2D eigenvalue weighted by molar-refractivity contribution is -0.120. The van der Waals surface area contributed by atoms with E-state index in [0.29, 0.717) is 13.0 Å². The maximum absolute atomic E-state index is 12.2. The summed E-state index contributed by atoms with van der Waals surface area (Å²) >= 11 is 6.15. The van der Waals surface area contributed by atoms with Crippen molar-refractivity contribution in [3.05, 3.63) is 58.3 Å². The van der Waals surface area contributed by atoms with E-state index in [-0.39, 0.29) is 16.6 Å². The number of nitrogens with one attached hydrogen (secondary N) is 1. The van der Waals surface area contributed by atoms with Gasteiger partial charge < -0.3 is 5.32 Å². The van der Waals surface area contributed by atoms with E-state index in [0.717, 1.165) is 5.56 Å². The van der Waals surface area contributed by atoms with Crippen LogP contribution in [0.25, 0.3) is 0 Å².